The maximum Gasteiger partial charge on any atom is 0.306 e. The Morgan fingerprint density at radius 1 is 0.409 bits per heavy atom. The summed E-state index contributed by atoms with van der Waals surface area (Å²) in [5.41, 5.74) is 0. The largest absolute Gasteiger partial charge is 0.481 e. The van der Waals surface area contributed by atoms with E-state index in [2.05, 4.69) is 13.8 Å². The Labute approximate surface area is 275 Å². The maximum atomic E-state index is 12.5. The number of aliphatic carboxylic acids is 1. The molecule has 4 nitrogen and oxygen atoms in total. The van der Waals surface area contributed by atoms with Gasteiger partial charge in [-0.15, -0.1) is 0 Å². The summed E-state index contributed by atoms with van der Waals surface area (Å²) < 4.78 is 5.93. The minimum atomic E-state index is -0.686. The molecule has 44 heavy (non-hydrogen) atoms. The predicted molar refractivity (Wildman–Crippen MR) is 190 cm³/mol. The standard InChI is InChI=1S/C40H78O4/c1-3-5-7-8-9-10-11-12-13-14-15-16-17-18-19-20-21-22-26-29-33-37-40(43)44-38(34-30-6-4-2)35-31-27-24-23-25-28-32-36-39(41)42/h38H,3-37H2,1-2H3,(H,41,42). The molecule has 1 atom stereocenters. The van der Waals surface area contributed by atoms with Gasteiger partial charge in [-0.1, -0.05) is 187 Å². The number of esters is 1. The van der Waals surface area contributed by atoms with Crippen molar-refractivity contribution in [1.29, 1.82) is 0 Å². The van der Waals surface area contributed by atoms with Gasteiger partial charge in [-0.05, 0) is 38.5 Å². The van der Waals surface area contributed by atoms with Gasteiger partial charge in [-0.25, -0.2) is 0 Å². The SMILES string of the molecule is CCCCCCCCCCCCCCCCCCCCCCCC(=O)OC(CCCCC)CCCCCCCCCC(=O)O. The average molecular weight is 623 g/mol. The second kappa shape index (κ2) is 36.4. The van der Waals surface area contributed by atoms with E-state index in [1.807, 2.05) is 0 Å². The minimum Gasteiger partial charge on any atom is -0.481 e. The van der Waals surface area contributed by atoms with E-state index in [9.17, 15) is 9.59 Å². The molecular formula is C40H78O4. The van der Waals surface area contributed by atoms with Crippen LogP contribution in [0.4, 0.5) is 0 Å². The number of carbonyl (C=O) groups is 2. The first kappa shape index (κ1) is 42.9. The molecule has 0 fully saturated rings. The van der Waals surface area contributed by atoms with Crippen molar-refractivity contribution < 1.29 is 19.4 Å². The lowest BCUT2D eigenvalue weighted by Gasteiger charge is -2.18. The third-order valence-corrected chi connectivity index (χ3v) is 9.33. The molecule has 0 aromatic carbocycles. The van der Waals surface area contributed by atoms with Crippen molar-refractivity contribution in [3.05, 3.63) is 0 Å². The van der Waals surface area contributed by atoms with Crippen LogP contribution < -0.4 is 0 Å². The van der Waals surface area contributed by atoms with Gasteiger partial charge in [0.1, 0.15) is 6.10 Å². The molecule has 0 bridgehead atoms. The van der Waals surface area contributed by atoms with E-state index in [1.165, 1.54) is 154 Å². The highest BCUT2D eigenvalue weighted by atomic mass is 16.5. The van der Waals surface area contributed by atoms with Crippen molar-refractivity contribution in [2.45, 2.75) is 245 Å². The Bertz CT molecular complexity index is 590. The number of ether oxygens (including phenoxy) is 1. The number of rotatable bonds is 37. The van der Waals surface area contributed by atoms with Gasteiger partial charge >= 0.3 is 11.9 Å². The van der Waals surface area contributed by atoms with Gasteiger partial charge in [0.25, 0.3) is 0 Å². The lowest BCUT2D eigenvalue weighted by Crippen LogP contribution is -2.18. The molecule has 0 aromatic heterocycles. The quantitative estimate of drug-likeness (QED) is 0.0553. The third kappa shape index (κ3) is 35.4. The highest BCUT2D eigenvalue weighted by Crippen LogP contribution is 2.19. The number of hydrogen-bond acceptors (Lipinski definition) is 3. The molecule has 0 saturated carbocycles. The first-order valence-corrected chi connectivity index (χ1v) is 20.0. The van der Waals surface area contributed by atoms with E-state index in [0.29, 0.717) is 12.8 Å². The Morgan fingerprint density at radius 3 is 1.05 bits per heavy atom. The number of carboxylic acid groups (broad SMARTS) is 1. The summed E-state index contributed by atoms with van der Waals surface area (Å²) in [6.07, 6.45) is 43.1. The third-order valence-electron chi connectivity index (χ3n) is 9.33. The van der Waals surface area contributed by atoms with Crippen LogP contribution in [0.1, 0.15) is 239 Å². The first-order valence-electron chi connectivity index (χ1n) is 20.0. The Kier molecular flexibility index (Phi) is 35.5. The molecule has 0 rings (SSSR count). The van der Waals surface area contributed by atoms with Crippen LogP contribution >= 0.6 is 0 Å². The van der Waals surface area contributed by atoms with E-state index in [1.54, 1.807) is 0 Å². The maximum absolute atomic E-state index is 12.5. The fourth-order valence-corrected chi connectivity index (χ4v) is 6.36. The fraction of sp³-hybridized carbons (Fsp3) is 0.950. The minimum absolute atomic E-state index is 0.0164. The van der Waals surface area contributed by atoms with E-state index in [4.69, 9.17) is 9.84 Å². The average Bonchev–Trinajstić information content (AvgIpc) is 3.00. The topological polar surface area (TPSA) is 63.6 Å². The van der Waals surface area contributed by atoms with Gasteiger partial charge in [-0.3, -0.25) is 9.59 Å². The summed E-state index contributed by atoms with van der Waals surface area (Å²) >= 11 is 0. The molecule has 0 amide bonds. The molecule has 0 aliphatic rings. The number of carboxylic acids is 1. The molecular weight excluding hydrogens is 544 g/mol. The molecule has 4 heteroatoms. The number of hydrogen-bond donors (Lipinski definition) is 1. The van der Waals surface area contributed by atoms with Crippen molar-refractivity contribution in [3.8, 4) is 0 Å². The Morgan fingerprint density at radius 2 is 0.682 bits per heavy atom. The zero-order valence-corrected chi connectivity index (χ0v) is 30.0. The highest BCUT2D eigenvalue weighted by Gasteiger charge is 2.14. The van der Waals surface area contributed by atoms with Crippen molar-refractivity contribution in [1.82, 2.24) is 0 Å². The molecule has 0 saturated heterocycles. The lowest BCUT2D eigenvalue weighted by molar-refractivity contribution is -0.150. The fourth-order valence-electron chi connectivity index (χ4n) is 6.36. The molecule has 1 N–H and O–H groups in total. The molecule has 0 aromatic rings. The van der Waals surface area contributed by atoms with Crippen LogP contribution in [0, 0.1) is 0 Å². The van der Waals surface area contributed by atoms with Crippen LogP contribution in [-0.4, -0.2) is 23.1 Å². The van der Waals surface area contributed by atoms with Crippen molar-refractivity contribution >= 4 is 11.9 Å². The van der Waals surface area contributed by atoms with Crippen LogP contribution in [0.5, 0.6) is 0 Å². The van der Waals surface area contributed by atoms with Crippen LogP contribution in [0.2, 0.25) is 0 Å². The van der Waals surface area contributed by atoms with Crippen LogP contribution in [0.3, 0.4) is 0 Å². The highest BCUT2D eigenvalue weighted by molar-refractivity contribution is 5.69. The second-order valence-corrected chi connectivity index (χ2v) is 13.8. The lowest BCUT2D eigenvalue weighted by atomic mass is 10.0. The van der Waals surface area contributed by atoms with Crippen LogP contribution in [0.15, 0.2) is 0 Å². The molecule has 0 radical (unpaired) electrons. The van der Waals surface area contributed by atoms with E-state index in [-0.39, 0.29) is 12.1 Å². The van der Waals surface area contributed by atoms with Gasteiger partial charge in [0.15, 0.2) is 0 Å². The molecule has 0 aliphatic heterocycles. The number of unbranched alkanes of at least 4 members (excludes halogenated alkanes) is 28. The van der Waals surface area contributed by atoms with Crippen molar-refractivity contribution in [2.24, 2.45) is 0 Å². The molecule has 262 valence electrons. The smallest absolute Gasteiger partial charge is 0.306 e. The van der Waals surface area contributed by atoms with Gasteiger partial charge in [0, 0.05) is 12.8 Å². The van der Waals surface area contributed by atoms with Gasteiger partial charge in [0.05, 0.1) is 0 Å². The van der Waals surface area contributed by atoms with E-state index in [0.717, 1.165) is 57.8 Å². The molecule has 1 unspecified atom stereocenters. The van der Waals surface area contributed by atoms with Crippen molar-refractivity contribution in [3.63, 3.8) is 0 Å². The zero-order valence-electron chi connectivity index (χ0n) is 30.0. The summed E-state index contributed by atoms with van der Waals surface area (Å²) in [5, 5.41) is 8.71. The predicted octanol–water partition coefficient (Wildman–Crippen LogP) is 13.7. The number of carbonyl (C=O) groups excluding carboxylic acids is 1. The molecule has 0 aliphatic carbocycles. The van der Waals surface area contributed by atoms with Crippen LogP contribution in [-0.2, 0) is 14.3 Å². The van der Waals surface area contributed by atoms with Gasteiger partial charge in [0.2, 0.25) is 0 Å². The summed E-state index contributed by atoms with van der Waals surface area (Å²) in [7, 11) is 0. The molecule has 0 spiro atoms. The summed E-state index contributed by atoms with van der Waals surface area (Å²) in [5.74, 6) is -0.669. The molecule has 0 heterocycles. The second-order valence-electron chi connectivity index (χ2n) is 13.8. The first-order chi connectivity index (χ1) is 21.6. The monoisotopic (exact) mass is 623 g/mol. The Balaban J connectivity index is 3.58. The van der Waals surface area contributed by atoms with Crippen LogP contribution in [0.25, 0.3) is 0 Å². The van der Waals surface area contributed by atoms with E-state index < -0.39 is 5.97 Å². The zero-order chi connectivity index (χ0) is 32.2. The van der Waals surface area contributed by atoms with Gasteiger partial charge < -0.3 is 9.84 Å². The summed E-state index contributed by atoms with van der Waals surface area (Å²) in [6, 6.07) is 0. The Hall–Kier alpha value is -1.06. The van der Waals surface area contributed by atoms with Crippen molar-refractivity contribution in [2.75, 3.05) is 0 Å². The normalized spacial score (nSPS) is 12.0. The summed E-state index contributed by atoms with van der Waals surface area (Å²) in [4.78, 5) is 23.1. The summed E-state index contributed by atoms with van der Waals surface area (Å²) in [6.45, 7) is 4.51. The van der Waals surface area contributed by atoms with Gasteiger partial charge in [-0.2, -0.15) is 0 Å². The van der Waals surface area contributed by atoms with E-state index >= 15 is 0 Å².